The summed E-state index contributed by atoms with van der Waals surface area (Å²) in [6.45, 7) is 1.69. The molecule has 0 atom stereocenters. The maximum Gasteiger partial charge on any atom is 0.309 e. The molecule has 0 radical (unpaired) electrons. The average molecular weight is 256 g/mol. The summed E-state index contributed by atoms with van der Waals surface area (Å²) in [5.74, 6) is 0.412. The van der Waals surface area contributed by atoms with Gasteiger partial charge in [0.05, 0.1) is 13.5 Å². The summed E-state index contributed by atoms with van der Waals surface area (Å²) < 4.78 is 4.65. The molecule has 0 spiro atoms. The van der Waals surface area contributed by atoms with Crippen LogP contribution in [0.3, 0.4) is 0 Å². The van der Waals surface area contributed by atoms with Gasteiger partial charge in [-0.2, -0.15) is 0 Å². The predicted octanol–water partition coefficient (Wildman–Crippen LogP) is 2.07. The van der Waals surface area contributed by atoms with Gasteiger partial charge >= 0.3 is 5.97 Å². The minimum Gasteiger partial charge on any atom is -0.469 e. The van der Waals surface area contributed by atoms with E-state index in [4.69, 9.17) is 11.6 Å². The van der Waals surface area contributed by atoms with Crippen LogP contribution in [0.25, 0.3) is 0 Å². The van der Waals surface area contributed by atoms with Crippen molar-refractivity contribution in [2.45, 2.75) is 13.0 Å². The van der Waals surface area contributed by atoms with Gasteiger partial charge < -0.3 is 9.64 Å². The normalized spacial score (nSPS) is 10.6. The molecule has 0 aromatic heterocycles. The zero-order valence-corrected chi connectivity index (χ0v) is 11.0. The van der Waals surface area contributed by atoms with Gasteiger partial charge in [0.2, 0.25) is 0 Å². The first kappa shape index (κ1) is 14.0. The van der Waals surface area contributed by atoms with Crippen LogP contribution in [-0.2, 0) is 22.5 Å². The Morgan fingerprint density at radius 2 is 2.12 bits per heavy atom. The van der Waals surface area contributed by atoms with Gasteiger partial charge in [-0.15, -0.1) is 11.6 Å². The van der Waals surface area contributed by atoms with Crippen molar-refractivity contribution >= 4 is 17.6 Å². The zero-order chi connectivity index (χ0) is 12.7. The molecule has 1 aromatic rings. The highest BCUT2D eigenvalue weighted by Gasteiger charge is 2.04. The number of alkyl halides is 1. The summed E-state index contributed by atoms with van der Waals surface area (Å²) in [5.41, 5.74) is 2.16. The Balaban J connectivity index is 2.62. The van der Waals surface area contributed by atoms with Gasteiger partial charge in [0.25, 0.3) is 0 Å². The molecular formula is C13H18ClNO2. The molecule has 17 heavy (non-hydrogen) atoms. The molecule has 0 saturated carbocycles. The molecule has 4 heteroatoms. The molecule has 0 fully saturated rings. The van der Waals surface area contributed by atoms with Gasteiger partial charge in [-0.3, -0.25) is 4.79 Å². The fourth-order valence-corrected chi connectivity index (χ4v) is 1.90. The Morgan fingerprint density at radius 1 is 1.41 bits per heavy atom. The van der Waals surface area contributed by atoms with Gasteiger partial charge in [-0.05, 0) is 18.2 Å². The molecule has 0 N–H and O–H groups in total. The van der Waals surface area contributed by atoms with E-state index in [-0.39, 0.29) is 5.97 Å². The van der Waals surface area contributed by atoms with Crippen molar-refractivity contribution in [3.8, 4) is 0 Å². The molecule has 3 nitrogen and oxygen atoms in total. The van der Waals surface area contributed by atoms with E-state index >= 15 is 0 Å². The number of esters is 1. The maximum absolute atomic E-state index is 11.2. The first-order valence-corrected chi connectivity index (χ1v) is 6.08. The second kappa shape index (κ2) is 7.30. The highest BCUT2D eigenvalue weighted by Crippen LogP contribution is 2.09. The minimum absolute atomic E-state index is 0.212. The molecule has 0 amide bonds. The number of benzene rings is 1. The van der Waals surface area contributed by atoms with Crippen LogP contribution in [0.1, 0.15) is 11.1 Å². The molecule has 94 valence electrons. The van der Waals surface area contributed by atoms with Crippen molar-refractivity contribution in [2.24, 2.45) is 0 Å². The van der Waals surface area contributed by atoms with E-state index in [0.717, 1.165) is 18.7 Å². The number of nitrogens with zero attached hydrogens (tertiary/aromatic N) is 1. The molecule has 1 rings (SSSR count). The van der Waals surface area contributed by atoms with Crippen LogP contribution in [0.5, 0.6) is 0 Å². The summed E-state index contributed by atoms with van der Waals surface area (Å²) in [6.07, 6.45) is 0.323. The van der Waals surface area contributed by atoms with E-state index in [0.29, 0.717) is 12.3 Å². The first-order valence-electron chi connectivity index (χ1n) is 5.55. The number of ether oxygens (including phenoxy) is 1. The van der Waals surface area contributed by atoms with Gasteiger partial charge in [-0.25, -0.2) is 0 Å². The Morgan fingerprint density at radius 3 is 2.76 bits per heavy atom. The Bertz CT molecular complexity index is 368. The fraction of sp³-hybridized carbons (Fsp3) is 0.462. The molecule has 0 aliphatic rings. The number of hydrogen-bond acceptors (Lipinski definition) is 3. The number of hydrogen-bond donors (Lipinski definition) is 0. The largest absolute Gasteiger partial charge is 0.469 e. The van der Waals surface area contributed by atoms with Crippen molar-refractivity contribution in [1.29, 1.82) is 0 Å². The first-order chi connectivity index (χ1) is 8.15. The summed E-state index contributed by atoms with van der Waals surface area (Å²) in [4.78, 5) is 13.3. The molecule has 0 unspecified atom stereocenters. The van der Waals surface area contributed by atoms with E-state index in [1.54, 1.807) is 0 Å². The number of carbonyl (C=O) groups excluding carboxylic acids is 1. The summed E-state index contributed by atoms with van der Waals surface area (Å²) in [7, 11) is 3.43. The lowest BCUT2D eigenvalue weighted by Gasteiger charge is -2.15. The number of rotatable bonds is 6. The van der Waals surface area contributed by atoms with Crippen LogP contribution in [0, 0.1) is 0 Å². The molecule has 0 aliphatic heterocycles. The smallest absolute Gasteiger partial charge is 0.309 e. The topological polar surface area (TPSA) is 29.5 Å². The highest BCUT2D eigenvalue weighted by molar-refractivity contribution is 6.18. The van der Waals surface area contributed by atoms with Crippen LogP contribution < -0.4 is 0 Å². The van der Waals surface area contributed by atoms with Crippen LogP contribution in [0.15, 0.2) is 24.3 Å². The Labute approximate surface area is 107 Å². The van der Waals surface area contributed by atoms with E-state index in [2.05, 4.69) is 9.64 Å². The predicted molar refractivity (Wildman–Crippen MR) is 69.2 cm³/mol. The third kappa shape index (κ3) is 5.20. The third-order valence-corrected chi connectivity index (χ3v) is 2.66. The molecule has 1 aromatic carbocycles. The van der Waals surface area contributed by atoms with Gasteiger partial charge in [0.1, 0.15) is 0 Å². The minimum atomic E-state index is -0.212. The van der Waals surface area contributed by atoms with E-state index in [1.165, 1.54) is 12.7 Å². The fourth-order valence-electron chi connectivity index (χ4n) is 1.61. The summed E-state index contributed by atoms with van der Waals surface area (Å²) in [6, 6.07) is 7.97. The van der Waals surface area contributed by atoms with Crippen molar-refractivity contribution in [1.82, 2.24) is 4.90 Å². The van der Waals surface area contributed by atoms with Crippen molar-refractivity contribution in [2.75, 3.05) is 26.6 Å². The van der Waals surface area contributed by atoms with E-state index < -0.39 is 0 Å². The SMILES string of the molecule is COC(=O)Cc1cccc(CN(C)CCCl)c1. The van der Waals surface area contributed by atoms with Gasteiger partial charge in [-0.1, -0.05) is 24.3 Å². The highest BCUT2D eigenvalue weighted by atomic mass is 35.5. The second-order valence-corrected chi connectivity index (χ2v) is 4.38. The lowest BCUT2D eigenvalue weighted by atomic mass is 10.1. The average Bonchev–Trinajstić information content (AvgIpc) is 2.29. The monoisotopic (exact) mass is 255 g/mol. The number of methoxy groups -OCH3 is 1. The maximum atomic E-state index is 11.2. The summed E-state index contributed by atoms with van der Waals surface area (Å²) >= 11 is 5.68. The molecule has 0 bridgehead atoms. The lowest BCUT2D eigenvalue weighted by Crippen LogP contribution is -2.20. The van der Waals surface area contributed by atoms with E-state index in [9.17, 15) is 4.79 Å². The van der Waals surface area contributed by atoms with Crippen LogP contribution in [0.4, 0.5) is 0 Å². The zero-order valence-electron chi connectivity index (χ0n) is 10.3. The number of halogens is 1. The Kier molecular flexibility index (Phi) is 6.01. The molecule has 0 heterocycles. The van der Waals surface area contributed by atoms with Crippen molar-refractivity contribution < 1.29 is 9.53 Å². The standard InChI is InChI=1S/C13H18ClNO2/c1-15(7-6-14)10-12-5-3-4-11(8-12)9-13(16)17-2/h3-5,8H,6-7,9-10H2,1-2H3. The van der Waals surface area contributed by atoms with Gasteiger partial charge in [0.15, 0.2) is 0 Å². The number of carbonyl (C=O) groups is 1. The Hall–Kier alpha value is -1.06. The van der Waals surface area contributed by atoms with Crippen molar-refractivity contribution in [3.63, 3.8) is 0 Å². The van der Waals surface area contributed by atoms with Crippen LogP contribution in [0.2, 0.25) is 0 Å². The summed E-state index contributed by atoms with van der Waals surface area (Å²) in [5, 5.41) is 0. The third-order valence-electron chi connectivity index (χ3n) is 2.49. The molecule has 0 saturated heterocycles. The second-order valence-electron chi connectivity index (χ2n) is 4.00. The van der Waals surface area contributed by atoms with Crippen LogP contribution in [-0.4, -0.2) is 37.5 Å². The molecule has 0 aliphatic carbocycles. The van der Waals surface area contributed by atoms with Crippen molar-refractivity contribution in [3.05, 3.63) is 35.4 Å². The molecular weight excluding hydrogens is 238 g/mol. The quantitative estimate of drug-likeness (QED) is 0.576. The van der Waals surface area contributed by atoms with E-state index in [1.807, 2.05) is 31.3 Å². The van der Waals surface area contributed by atoms with Crippen LogP contribution >= 0.6 is 11.6 Å². The lowest BCUT2D eigenvalue weighted by molar-refractivity contribution is -0.139. The van der Waals surface area contributed by atoms with Gasteiger partial charge in [0, 0.05) is 19.0 Å².